The summed E-state index contributed by atoms with van der Waals surface area (Å²) in [7, 11) is 2.15. The highest BCUT2D eigenvalue weighted by Gasteiger charge is 2.25. The van der Waals surface area contributed by atoms with Crippen LogP contribution in [0.3, 0.4) is 0 Å². The monoisotopic (exact) mass is 346 g/mol. The Morgan fingerprint density at radius 1 is 1.31 bits per heavy atom. The third-order valence-corrected chi connectivity index (χ3v) is 5.20. The summed E-state index contributed by atoms with van der Waals surface area (Å²) in [6.07, 6.45) is 8.07. The Morgan fingerprint density at radius 3 is 3.04 bits per heavy atom. The largest absolute Gasteiger partial charge is 0.354 e. The first kappa shape index (κ1) is 16.6. The fourth-order valence-corrected chi connectivity index (χ4v) is 3.81. The van der Waals surface area contributed by atoms with Gasteiger partial charge in [-0.25, -0.2) is 0 Å². The van der Waals surface area contributed by atoms with E-state index in [0.717, 1.165) is 54.9 Å². The number of hydrogen-bond donors (Lipinski definition) is 0. The zero-order valence-electron chi connectivity index (χ0n) is 14.9. The summed E-state index contributed by atoms with van der Waals surface area (Å²) in [4.78, 5) is 4.66. The van der Waals surface area contributed by atoms with Crippen LogP contribution in [0, 0.1) is 11.3 Å². The summed E-state index contributed by atoms with van der Waals surface area (Å²) >= 11 is 0. The normalized spacial score (nSPS) is 17.6. The topological polar surface area (TPSA) is 60.5 Å². The molecule has 1 aliphatic heterocycles. The fourth-order valence-electron chi connectivity index (χ4n) is 3.81. The molecule has 0 radical (unpaired) electrons. The van der Waals surface area contributed by atoms with Crippen LogP contribution in [0.4, 0.5) is 5.82 Å². The van der Waals surface area contributed by atoms with E-state index >= 15 is 0 Å². The Bertz CT molecular complexity index is 926. The molecule has 26 heavy (non-hydrogen) atoms. The summed E-state index contributed by atoms with van der Waals surface area (Å²) < 4.78 is 2.04. The first-order valence-electron chi connectivity index (χ1n) is 8.98. The predicted octanol–water partition coefficient (Wildman–Crippen LogP) is 2.70. The zero-order chi connectivity index (χ0) is 17.9. The van der Waals surface area contributed by atoms with Gasteiger partial charge >= 0.3 is 0 Å². The summed E-state index contributed by atoms with van der Waals surface area (Å²) in [6, 6.07) is 12.7. The van der Waals surface area contributed by atoms with Gasteiger partial charge in [-0.15, -0.1) is 5.10 Å². The molecule has 1 atom stereocenters. The van der Waals surface area contributed by atoms with Crippen LogP contribution >= 0.6 is 0 Å². The Kier molecular flexibility index (Phi) is 4.55. The number of fused-ring (bicyclic) bond motifs is 1. The van der Waals surface area contributed by atoms with Crippen molar-refractivity contribution < 1.29 is 0 Å². The molecule has 3 aromatic heterocycles. The van der Waals surface area contributed by atoms with E-state index in [-0.39, 0.29) is 0 Å². The van der Waals surface area contributed by atoms with E-state index in [2.05, 4.69) is 39.3 Å². The Labute approximate surface area is 153 Å². The van der Waals surface area contributed by atoms with Crippen molar-refractivity contribution in [2.24, 2.45) is 0 Å². The van der Waals surface area contributed by atoms with Crippen LogP contribution in [0.25, 0.3) is 5.52 Å². The molecule has 4 heterocycles. The summed E-state index contributed by atoms with van der Waals surface area (Å²) in [5, 5.41) is 17.9. The van der Waals surface area contributed by atoms with E-state index in [4.69, 9.17) is 0 Å². The lowest BCUT2D eigenvalue weighted by Gasteiger charge is -2.38. The second-order valence-corrected chi connectivity index (χ2v) is 6.87. The standard InChI is InChI=1S/C20H22N6/c1-24(13-16-14-25-10-3-2-7-19(25)18(16)12-21)17-6-5-11-26(15-17)20-8-4-9-22-23-20/h2-4,7-10,14,17H,5-6,11,13,15H2,1H3. The molecule has 1 aliphatic rings. The van der Waals surface area contributed by atoms with Crippen molar-refractivity contribution in [3.05, 3.63) is 60.0 Å². The maximum Gasteiger partial charge on any atom is 0.151 e. The highest BCUT2D eigenvalue weighted by molar-refractivity contribution is 5.65. The quantitative estimate of drug-likeness (QED) is 0.727. The highest BCUT2D eigenvalue weighted by Crippen LogP contribution is 2.23. The van der Waals surface area contributed by atoms with Crippen LogP contribution in [0.1, 0.15) is 24.0 Å². The summed E-state index contributed by atoms with van der Waals surface area (Å²) in [5.74, 6) is 0.943. The molecule has 1 unspecified atom stereocenters. The van der Waals surface area contributed by atoms with Crippen molar-refractivity contribution in [1.82, 2.24) is 19.5 Å². The molecule has 6 heteroatoms. The van der Waals surface area contributed by atoms with Crippen LogP contribution < -0.4 is 4.90 Å². The average Bonchev–Trinajstić information content (AvgIpc) is 3.05. The van der Waals surface area contributed by atoms with Crippen molar-refractivity contribution in [1.29, 1.82) is 5.26 Å². The number of anilines is 1. The Hall–Kier alpha value is -2.91. The number of aromatic nitrogens is 3. The van der Waals surface area contributed by atoms with E-state index in [1.165, 1.54) is 0 Å². The van der Waals surface area contributed by atoms with Crippen molar-refractivity contribution in [2.45, 2.75) is 25.4 Å². The van der Waals surface area contributed by atoms with Crippen LogP contribution in [0.5, 0.6) is 0 Å². The van der Waals surface area contributed by atoms with Gasteiger partial charge < -0.3 is 9.30 Å². The second-order valence-electron chi connectivity index (χ2n) is 6.87. The molecule has 0 saturated carbocycles. The van der Waals surface area contributed by atoms with Gasteiger partial charge in [0.05, 0.1) is 11.1 Å². The molecular formula is C20H22N6. The molecule has 0 aliphatic carbocycles. The zero-order valence-corrected chi connectivity index (χ0v) is 14.9. The van der Waals surface area contributed by atoms with Gasteiger partial charge in [-0.05, 0) is 44.2 Å². The minimum Gasteiger partial charge on any atom is -0.354 e. The molecule has 1 saturated heterocycles. The van der Waals surface area contributed by atoms with Crippen LogP contribution in [0.2, 0.25) is 0 Å². The third kappa shape index (κ3) is 3.14. The van der Waals surface area contributed by atoms with E-state index in [0.29, 0.717) is 6.04 Å². The molecule has 0 aromatic carbocycles. The van der Waals surface area contributed by atoms with Crippen molar-refractivity contribution in [3.8, 4) is 6.07 Å². The first-order chi connectivity index (χ1) is 12.8. The number of rotatable bonds is 4. The molecule has 3 aromatic rings. The van der Waals surface area contributed by atoms with Gasteiger partial charge in [-0.2, -0.15) is 10.4 Å². The van der Waals surface area contributed by atoms with E-state index in [1.54, 1.807) is 6.20 Å². The van der Waals surface area contributed by atoms with Gasteiger partial charge in [0.25, 0.3) is 0 Å². The van der Waals surface area contributed by atoms with Gasteiger partial charge in [0.2, 0.25) is 0 Å². The molecule has 0 bridgehead atoms. The minimum atomic E-state index is 0.431. The molecule has 6 nitrogen and oxygen atoms in total. The number of piperidine rings is 1. The Balaban J connectivity index is 1.51. The van der Waals surface area contributed by atoms with E-state index in [9.17, 15) is 5.26 Å². The molecule has 0 amide bonds. The maximum absolute atomic E-state index is 9.61. The Morgan fingerprint density at radius 2 is 2.23 bits per heavy atom. The lowest BCUT2D eigenvalue weighted by atomic mass is 10.0. The van der Waals surface area contributed by atoms with Gasteiger partial charge in [-0.3, -0.25) is 4.90 Å². The minimum absolute atomic E-state index is 0.431. The number of pyridine rings is 1. The summed E-state index contributed by atoms with van der Waals surface area (Å²) in [6.45, 7) is 2.72. The summed E-state index contributed by atoms with van der Waals surface area (Å²) in [5.41, 5.74) is 2.83. The third-order valence-electron chi connectivity index (χ3n) is 5.20. The van der Waals surface area contributed by atoms with Gasteiger partial charge in [0, 0.05) is 49.8 Å². The van der Waals surface area contributed by atoms with Gasteiger partial charge in [0.1, 0.15) is 6.07 Å². The van der Waals surface area contributed by atoms with Crippen LogP contribution in [-0.2, 0) is 6.54 Å². The number of likely N-dealkylation sites (N-methyl/N-ethyl adjacent to an activating group) is 1. The van der Waals surface area contributed by atoms with Crippen molar-refractivity contribution in [2.75, 3.05) is 25.0 Å². The van der Waals surface area contributed by atoms with Gasteiger partial charge in [-0.1, -0.05) is 6.07 Å². The molecular weight excluding hydrogens is 324 g/mol. The second kappa shape index (κ2) is 7.14. The lowest BCUT2D eigenvalue weighted by Crippen LogP contribution is -2.46. The highest BCUT2D eigenvalue weighted by atomic mass is 15.3. The number of nitriles is 1. The molecule has 1 fully saturated rings. The molecule has 4 rings (SSSR count). The molecule has 132 valence electrons. The average molecular weight is 346 g/mol. The fraction of sp³-hybridized carbons (Fsp3) is 0.350. The first-order valence-corrected chi connectivity index (χ1v) is 8.98. The number of hydrogen-bond acceptors (Lipinski definition) is 5. The van der Waals surface area contributed by atoms with Crippen molar-refractivity contribution in [3.63, 3.8) is 0 Å². The SMILES string of the molecule is CN(Cc1cn2ccccc2c1C#N)C1CCCN(c2cccnn2)C1. The van der Waals surface area contributed by atoms with Crippen molar-refractivity contribution >= 4 is 11.3 Å². The smallest absolute Gasteiger partial charge is 0.151 e. The van der Waals surface area contributed by atoms with Crippen LogP contribution in [-0.4, -0.2) is 45.7 Å². The molecule has 0 spiro atoms. The lowest BCUT2D eigenvalue weighted by molar-refractivity contribution is 0.207. The van der Waals surface area contributed by atoms with E-state index in [1.807, 2.05) is 40.9 Å². The predicted molar refractivity (Wildman–Crippen MR) is 101 cm³/mol. The van der Waals surface area contributed by atoms with Gasteiger partial charge in [0.15, 0.2) is 5.82 Å². The number of nitrogens with zero attached hydrogens (tertiary/aromatic N) is 6. The van der Waals surface area contributed by atoms with E-state index < -0.39 is 0 Å². The molecule has 0 N–H and O–H groups in total. The maximum atomic E-state index is 9.61. The van der Waals surface area contributed by atoms with Crippen LogP contribution in [0.15, 0.2) is 48.9 Å².